The van der Waals surface area contributed by atoms with Gasteiger partial charge in [-0.2, -0.15) is 0 Å². The average molecular weight is 286 g/mol. The van der Waals surface area contributed by atoms with E-state index in [0.717, 1.165) is 16.9 Å². The van der Waals surface area contributed by atoms with E-state index in [4.69, 9.17) is 10.5 Å². The molecule has 0 aliphatic carbocycles. The molecule has 2 aromatic rings. The van der Waals surface area contributed by atoms with Crippen molar-refractivity contribution in [2.75, 3.05) is 13.4 Å². The monoisotopic (exact) mass is 286 g/mol. The van der Waals surface area contributed by atoms with E-state index in [9.17, 15) is 0 Å². The number of thioether (sulfide) groups is 1. The summed E-state index contributed by atoms with van der Waals surface area (Å²) in [5, 5.41) is 0.578. The van der Waals surface area contributed by atoms with Crippen LogP contribution in [-0.2, 0) is 0 Å². The molecule has 0 saturated heterocycles. The maximum Gasteiger partial charge on any atom is 0.154 e. The van der Waals surface area contributed by atoms with E-state index in [1.54, 1.807) is 7.11 Å². The number of hydrogen-bond donors (Lipinski definition) is 1. The first kappa shape index (κ1) is 14.5. The third-order valence-corrected chi connectivity index (χ3v) is 3.54. The van der Waals surface area contributed by atoms with Crippen LogP contribution in [0, 0.1) is 0 Å². The number of ether oxygens (including phenoxy) is 1. The van der Waals surface area contributed by atoms with Crippen molar-refractivity contribution in [1.29, 1.82) is 0 Å². The molecule has 20 heavy (non-hydrogen) atoms. The molecule has 0 saturated carbocycles. The van der Waals surface area contributed by atoms with Gasteiger partial charge in [-0.25, -0.2) is 4.99 Å². The lowest BCUT2D eigenvalue weighted by atomic mass is 9.99. The summed E-state index contributed by atoms with van der Waals surface area (Å²) in [6.07, 6.45) is 1.93. The molecular weight excluding hydrogens is 268 g/mol. The van der Waals surface area contributed by atoms with E-state index in [0.29, 0.717) is 5.17 Å². The molecule has 2 aromatic carbocycles. The Labute approximate surface area is 123 Å². The summed E-state index contributed by atoms with van der Waals surface area (Å²) in [6, 6.07) is 18.0. The molecule has 2 rings (SSSR count). The maximum atomic E-state index is 5.89. The van der Waals surface area contributed by atoms with E-state index < -0.39 is 0 Å². The summed E-state index contributed by atoms with van der Waals surface area (Å²) < 4.78 is 5.19. The number of nitrogens with two attached hydrogens (primary N) is 1. The molecule has 1 atom stereocenters. The highest BCUT2D eigenvalue weighted by atomic mass is 32.2. The maximum absolute atomic E-state index is 5.89. The highest BCUT2D eigenvalue weighted by molar-refractivity contribution is 8.13. The first-order valence-electron chi connectivity index (χ1n) is 6.30. The van der Waals surface area contributed by atoms with E-state index in [1.165, 1.54) is 11.8 Å². The summed E-state index contributed by atoms with van der Waals surface area (Å²) in [7, 11) is 1.66. The molecular formula is C16H18N2OS. The zero-order valence-electron chi connectivity index (χ0n) is 11.6. The molecule has 0 aromatic heterocycles. The predicted octanol–water partition coefficient (Wildman–Crippen LogP) is 3.46. The molecule has 0 unspecified atom stereocenters. The molecule has 0 amide bonds. The van der Waals surface area contributed by atoms with Gasteiger partial charge in [0.2, 0.25) is 0 Å². The Hall–Kier alpha value is -1.94. The molecule has 0 spiro atoms. The van der Waals surface area contributed by atoms with Crippen LogP contribution in [0.5, 0.6) is 5.75 Å². The quantitative estimate of drug-likeness (QED) is 0.691. The minimum atomic E-state index is -0.0884. The van der Waals surface area contributed by atoms with E-state index >= 15 is 0 Å². The third kappa shape index (κ3) is 3.54. The molecule has 3 nitrogen and oxygen atoms in total. The van der Waals surface area contributed by atoms with Crippen LogP contribution < -0.4 is 10.5 Å². The number of hydrogen-bond acceptors (Lipinski definition) is 3. The normalized spacial score (nSPS) is 13.0. The summed E-state index contributed by atoms with van der Waals surface area (Å²) >= 11 is 1.45. The highest BCUT2D eigenvalue weighted by Gasteiger charge is 2.13. The van der Waals surface area contributed by atoms with Gasteiger partial charge in [0.25, 0.3) is 0 Å². The average Bonchev–Trinajstić information content (AvgIpc) is 2.53. The number of rotatable bonds is 4. The fourth-order valence-electron chi connectivity index (χ4n) is 1.94. The van der Waals surface area contributed by atoms with Gasteiger partial charge in [-0.15, -0.1) is 0 Å². The molecule has 0 fully saturated rings. The number of amidine groups is 1. The van der Waals surface area contributed by atoms with E-state index in [2.05, 4.69) is 17.1 Å². The van der Waals surface area contributed by atoms with Gasteiger partial charge in [-0.3, -0.25) is 0 Å². The van der Waals surface area contributed by atoms with Crippen LogP contribution in [0.2, 0.25) is 0 Å². The van der Waals surface area contributed by atoms with Crippen LogP contribution in [0.3, 0.4) is 0 Å². The number of methoxy groups -OCH3 is 1. The van der Waals surface area contributed by atoms with Crippen LogP contribution in [-0.4, -0.2) is 18.5 Å². The van der Waals surface area contributed by atoms with Crippen LogP contribution in [0.15, 0.2) is 59.6 Å². The van der Waals surface area contributed by atoms with E-state index in [-0.39, 0.29) is 6.04 Å². The molecule has 0 aliphatic heterocycles. The number of benzene rings is 2. The minimum absolute atomic E-state index is 0.0884. The van der Waals surface area contributed by atoms with Gasteiger partial charge in [-0.1, -0.05) is 54.2 Å². The van der Waals surface area contributed by atoms with Gasteiger partial charge >= 0.3 is 0 Å². The zero-order valence-corrected chi connectivity index (χ0v) is 12.4. The van der Waals surface area contributed by atoms with Crippen molar-refractivity contribution in [3.63, 3.8) is 0 Å². The molecule has 0 radical (unpaired) electrons. The second-order valence-corrected chi connectivity index (χ2v) is 5.08. The summed E-state index contributed by atoms with van der Waals surface area (Å²) in [4.78, 5) is 4.61. The van der Waals surface area contributed by atoms with Crippen molar-refractivity contribution in [2.24, 2.45) is 10.7 Å². The molecule has 104 valence electrons. The van der Waals surface area contributed by atoms with Crippen LogP contribution >= 0.6 is 11.8 Å². The Bertz CT molecular complexity index is 567. The van der Waals surface area contributed by atoms with Crippen molar-refractivity contribution in [3.05, 3.63) is 65.7 Å². The third-order valence-electron chi connectivity index (χ3n) is 3.01. The predicted molar refractivity (Wildman–Crippen MR) is 86.4 cm³/mol. The van der Waals surface area contributed by atoms with Gasteiger partial charge in [0.1, 0.15) is 11.8 Å². The Morgan fingerprint density at radius 1 is 1.05 bits per heavy atom. The van der Waals surface area contributed by atoms with Crippen molar-refractivity contribution < 1.29 is 4.74 Å². The largest absolute Gasteiger partial charge is 0.497 e. The molecule has 0 bridgehead atoms. The first-order valence-corrected chi connectivity index (χ1v) is 7.53. The highest BCUT2D eigenvalue weighted by Crippen LogP contribution is 2.28. The Kier molecular flexibility index (Phi) is 5.07. The van der Waals surface area contributed by atoms with Gasteiger partial charge < -0.3 is 10.5 Å². The topological polar surface area (TPSA) is 47.6 Å². The SMILES string of the molecule is COc1ccc([C@H](N=C(N)SC)c2ccccc2)cc1. The van der Waals surface area contributed by atoms with Gasteiger partial charge in [0.05, 0.1) is 7.11 Å². The van der Waals surface area contributed by atoms with Gasteiger partial charge in [0, 0.05) is 0 Å². The van der Waals surface area contributed by atoms with Crippen molar-refractivity contribution in [3.8, 4) is 5.75 Å². The zero-order chi connectivity index (χ0) is 14.4. The van der Waals surface area contributed by atoms with Gasteiger partial charge in [0.15, 0.2) is 5.17 Å². The smallest absolute Gasteiger partial charge is 0.154 e. The van der Waals surface area contributed by atoms with Gasteiger partial charge in [-0.05, 0) is 29.5 Å². The Morgan fingerprint density at radius 2 is 1.65 bits per heavy atom. The molecule has 0 heterocycles. The van der Waals surface area contributed by atoms with E-state index in [1.807, 2.05) is 48.7 Å². The summed E-state index contributed by atoms with van der Waals surface area (Å²) in [5.74, 6) is 0.836. The Morgan fingerprint density at radius 3 is 2.20 bits per heavy atom. The van der Waals surface area contributed by atoms with Crippen molar-refractivity contribution >= 4 is 16.9 Å². The summed E-state index contributed by atoms with van der Waals surface area (Å²) in [5.41, 5.74) is 8.10. The number of nitrogens with zero attached hydrogens (tertiary/aromatic N) is 1. The lowest BCUT2D eigenvalue weighted by molar-refractivity contribution is 0.414. The second-order valence-electron chi connectivity index (χ2n) is 4.26. The molecule has 0 aliphatic rings. The summed E-state index contributed by atoms with van der Waals surface area (Å²) in [6.45, 7) is 0. The second kappa shape index (κ2) is 7.01. The van der Waals surface area contributed by atoms with Crippen LogP contribution in [0.1, 0.15) is 17.2 Å². The fraction of sp³-hybridized carbons (Fsp3) is 0.188. The molecule has 4 heteroatoms. The molecule has 2 N–H and O–H groups in total. The van der Waals surface area contributed by atoms with Crippen LogP contribution in [0.4, 0.5) is 0 Å². The lowest BCUT2D eigenvalue weighted by Crippen LogP contribution is -2.09. The Balaban J connectivity index is 2.40. The first-order chi connectivity index (χ1) is 9.74. The van der Waals surface area contributed by atoms with Crippen LogP contribution in [0.25, 0.3) is 0 Å². The standard InChI is InChI=1S/C16H18N2OS/c1-19-14-10-8-13(9-11-14)15(18-16(17)20-2)12-6-4-3-5-7-12/h3-11,15H,1-2H3,(H2,17,18)/t15-/m1/s1. The van der Waals surface area contributed by atoms with Crippen molar-refractivity contribution in [1.82, 2.24) is 0 Å². The lowest BCUT2D eigenvalue weighted by Gasteiger charge is -2.15. The fourth-order valence-corrected chi connectivity index (χ4v) is 2.15. The van der Waals surface area contributed by atoms with Crippen molar-refractivity contribution in [2.45, 2.75) is 6.04 Å². The minimum Gasteiger partial charge on any atom is -0.497 e. The number of aliphatic imine (C=N–C) groups is 1.